The fourth-order valence-corrected chi connectivity index (χ4v) is 1.67. The van der Waals surface area contributed by atoms with E-state index in [2.05, 4.69) is 9.72 Å². The summed E-state index contributed by atoms with van der Waals surface area (Å²) in [5.41, 5.74) is -0.946. The summed E-state index contributed by atoms with van der Waals surface area (Å²) in [6, 6.07) is 0. The molecule has 0 saturated carbocycles. The lowest BCUT2D eigenvalue weighted by atomic mass is 10.2. The molecule has 0 saturated heterocycles. The van der Waals surface area contributed by atoms with E-state index >= 15 is 0 Å². The molecule has 1 heterocycles. The van der Waals surface area contributed by atoms with Gasteiger partial charge in [-0.15, -0.1) is 0 Å². The van der Waals surface area contributed by atoms with Crippen LogP contribution in [-0.2, 0) is 0 Å². The number of aromatic carboxylic acids is 1. The van der Waals surface area contributed by atoms with Crippen molar-refractivity contribution in [2.24, 2.45) is 0 Å². The van der Waals surface area contributed by atoms with Crippen molar-refractivity contribution in [1.82, 2.24) is 4.98 Å². The van der Waals surface area contributed by atoms with Gasteiger partial charge in [-0.25, -0.2) is 18.6 Å². The van der Waals surface area contributed by atoms with Crippen LogP contribution >= 0.6 is 22.6 Å². The lowest BCUT2D eigenvalue weighted by molar-refractivity contribution is 0.0685. The van der Waals surface area contributed by atoms with E-state index in [1.165, 1.54) is 0 Å². The smallest absolute Gasteiger partial charge is 0.358 e. The molecule has 0 spiro atoms. The summed E-state index contributed by atoms with van der Waals surface area (Å²) in [7, 11) is 1.13. The standard InChI is InChI=1S/C8H6F2INO3/c1-15-6-4(7(9)10)3(11)2-12-5(6)8(13)14/h2,7H,1H3,(H,13,14). The van der Waals surface area contributed by atoms with Gasteiger partial charge in [0.1, 0.15) is 0 Å². The molecule has 0 atom stereocenters. The van der Waals surface area contributed by atoms with Crippen LogP contribution in [0.2, 0.25) is 0 Å². The van der Waals surface area contributed by atoms with Crippen molar-refractivity contribution in [2.75, 3.05) is 7.11 Å². The highest BCUT2D eigenvalue weighted by Gasteiger charge is 2.24. The summed E-state index contributed by atoms with van der Waals surface area (Å²) < 4.78 is 30.0. The van der Waals surface area contributed by atoms with Gasteiger partial charge in [-0.3, -0.25) is 0 Å². The first-order valence-electron chi connectivity index (χ1n) is 3.72. The Morgan fingerprint density at radius 3 is 2.67 bits per heavy atom. The van der Waals surface area contributed by atoms with E-state index in [1.54, 1.807) is 22.6 Å². The van der Waals surface area contributed by atoms with E-state index in [1.807, 2.05) is 0 Å². The fourth-order valence-electron chi connectivity index (χ4n) is 1.05. The second-order valence-corrected chi connectivity index (χ2v) is 3.67. The van der Waals surface area contributed by atoms with Crippen molar-refractivity contribution >= 4 is 28.6 Å². The molecule has 0 radical (unpaired) electrons. The van der Waals surface area contributed by atoms with Gasteiger partial charge in [-0.2, -0.15) is 0 Å². The number of pyridine rings is 1. The maximum atomic E-state index is 12.6. The number of ether oxygens (including phenoxy) is 1. The number of carboxylic acids is 1. The third-order valence-electron chi connectivity index (χ3n) is 1.65. The van der Waals surface area contributed by atoms with Crippen LogP contribution in [0, 0.1) is 3.57 Å². The number of rotatable bonds is 3. The molecule has 0 amide bonds. The van der Waals surface area contributed by atoms with Gasteiger partial charge in [-0.1, -0.05) is 0 Å². The first-order valence-corrected chi connectivity index (χ1v) is 4.80. The zero-order valence-corrected chi connectivity index (χ0v) is 9.66. The van der Waals surface area contributed by atoms with Crippen LogP contribution in [0.25, 0.3) is 0 Å². The monoisotopic (exact) mass is 329 g/mol. The van der Waals surface area contributed by atoms with Crippen molar-refractivity contribution in [2.45, 2.75) is 6.43 Å². The Balaban J connectivity index is 3.47. The van der Waals surface area contributed by atoms with E-state index in [0.717, 1.165) is 13.3 Å². The number of carboxylic acid groups (broad SMARTS) is 1. The number of hydrogen-bond acceptors (Lipinski definition) is 3. The Bertz CT molecular complexity index is 398. The number of hydrogen-bond donors (Lipinski definition) is 1. The van der Waals surface area contributed by atoms with Crippen LogP contribution in [0.3, 0.4) is 0 Å². The topological polar surface area (TPSA) is 59.4 Å². The first kappa shape index (κ1) is 12.1. The molecule has 0 bridgehead atoms. The van der Waals surface area contributed by atoms with Gasteiger partial charge in [0.15, 0.2) is 11.4 Å². The highest BCUT2D eigenvalue weighted by molar-refractivity contribution is 14.1. The molecule has 1 N–H and O–H groups in total. The van der Waals surface area contributed by atoms with Crippen molar-refractivity contribution < 1.29 is 23.4 Å². The molecule has 82 valence electrons. The molecule has 0 aliphatic heterocycles. The first-order chi connectivity index (χ1) is 6.99. The minimum Gasteiger partial charge on any atom is -0.494 e. The van der Waals surface area contributed by atoms with Crippen LogP contribution in [-0.4, -0.2) is 23.2 Å². The van der Waals surface area contributed by atoms with Crippen LogP contribution in [0.5, 0.6) is 5.75 Å². The zero-order valence-electron chi connectivity index (χ0n) is 7.50. The van der Waals surface area contributed by atoms with Gasteiger partial charge in [0.25, 0.3) is 6.43 Å². The number of methoxy groups -OCH3 is 1. The van der Waals surface area contributed by atoms with Gasteiger partial charge < -0.3 is 9.84 Å². The van der Waals surface area contributed by atoms with Crippen molar-refractivity contribution in [3.63, 3.8) is 0 Å². The minimum absolute atomic E-state index is 0.171. The Hall–Kier alpha value is -0.990. The maximum Gasteiger partial charge on any atom is 0.358 e. The summed E-state index contributed by atoms with van der Waals surface area (Å²) in [6.45, 7) is 0. The van der Waals surface area contributed by atoms with Crippen molar-refractivity contribution in [1.29, 1.82) is 0 Å². The predicted octanol–water partition coefficient (Wildman–Crippen LogP) is 2.33. The van der Waals surface area contributed by atoms with Gasteiger partial charge in [0.05, 0.1) is 12.7 Å². The van der Waals surface area contributed by atoms with Crippen LogP contribution in [0.15, 0.2) is 6.20 Å². The van der Waals surface area contributed by atoms with E-state index in [4.69, 9.17) is 5.11 Å². The molecular weight excluding hydrogens is 323 g/mol. The van der Waals surface area contributed by atoms with E-state index in [9.17, 15) is 13.6 Å². The predicted molar refractivity (Wildman–Crippen MR) is 55.4 cm³/mol. The molecular formula is C8H6F2INO3. The Morgan fingerprint density at radius 1 is 1.67 bits per heavy atom. The largest absolute Gasteiger partial charge is 0.494 e. The molecule has 0 aliphatic rings. The average Bonchev–Trinajstić information content (AvgIpc) is 2.15. The minimum atomic E-state index is -2.80. The molecule has 0 unspecified atom stereocenters. The third-order valence-corrected chi connectivity index (χ3v) is 2.51. The summed E-state index contributed by atoms with van der Waals surface area (Å²) in [5, 5.41) is 8.70. The molecule has 15 heavy (non-hydrogen) atoms. The van der Waals surface area contributed by atoms with Crippen LogP contribution in [0.4, 0.5) is 8.78 Å². The lowest BCUT2D eigenvalue weighted by Gasteiger charge is -2.11. The van der Waals surface area contributed by atoms with E-state index in [-0.39, 0.29) is 9.32 Å². The number of halogens is 3. The van der Waals surface area contributed by atoms with Crippen molar-refractivity contribution in [3.8, 4) is 5.75 Å². The Kier molecular flexibility index (Phi) is 3.77. The van der Waals surface area contributed by atoms with Gasteiger partial charge in [0.2, 0.25) is 0 Å². The van der Waals surface area contributed by atoms with Crippen LogP contribution in [0.1, 0.15) is 22.5 Å². The summed E-state index contributed by atoms with van der Waals surface area (Å²) in [6.07, 6.45) is -1.72. The van der Waals surface area contributed by atoms with Crippen molar-refractivity contribution in [3.05, 3.63) is 21.0 Å². The average molecular weight is 329 g/mol. The molecule has 1 rings (SSSR count). The Morgan fingerprint density at radius 2 is 2.27 bits per heavy atom. The molecule has 0 fully saturated rings. The number of carbonyl (C=O) groups is 1. The molecule has 1 aromatic rings. The molecule has 7 heteroatoms. The highest BCUT2D eigenvalue weighted by atomic mass is 127. The maximum absolute atomic E-state index is 12.6. The molecule has 0 aromatic carbocycles. The second kappa shape index (κ2) is 4.69. The zero-order chi connectivity index (χ0) is 11.6. The molecule has 4 nitrogen and oxygen atoms in total. The molecule has 1 aromatic heterocycles. The number of aromatic nitrogens is 1. The Labute approximate surface area is 97.4 Å². The van der Waals surface area contributed by atoms with Gasteiger partial charge in [-0.05, 0) is 22.6 Å². The second-order valence-electron chi connectivity index (χ2n) is 2.51. The van der Waals surface area contributed by atoms with E-state index < -0.39 is 23.7 Å². The number of alkyl halides is 2. The third kappa shape index (κ3) is 2.33. The summed E-state index contributed by atoms with van der Waals surface area (Å²) >= 11 is 1.65. The normalized spacial score (nSPS) is 10.5. The van der Waals surface area contributed by atoms with Gasteiger partial charge in [0, 0.05) is 9.77 Å². The highest BCUT2D eigenvalue weighted by Crippen LogP contribution is 2.34. The van der Waals surface area contributed by atoms with E-state index in [0.29, 0.717) is 0 Å². The van der Waals surface area contributed by atoms with Crippen LogP contribution < -0.4 is 4.74 Å². The van der Waals surface area contributed by atoms with Gasteiger partial charge >= 0.3 is 5.97 Å². The fraction of sp³-hybridized carbons (Fsp3) is 0.250. The number of nitrogens with zero attached hydrogens (tertiary/aromatic N) is 1. The molecule has 0 aliphatic carbocycles. The summed E-state index contributed by atoms with van der Waals surface area (Å²) in [4.78, 5) is 14.2. The lowest BCUT2D eigenvalue weighted by Crippen LogP contribution is -2.08. The SMILES string of the molecule is COc1c(C(=O)O)ncc(I)c1C(F)F. The summed E-state index contributed by atoms with van der Waals surface area (Å²) in [5.74, 6) is -1.78. The quantitative estimate of drug-likeness (QED) is 0.865.